The molecule has 0 bridgehead atoms. The van der Waals surface area contributed by atoms with Crippen molar-refractivity contribution in [1.82, 2.24) is 10.6 Å². The minimum Gasteiger partial charge on any atom is -0.494 e. The highest BCUT2D eigenvalue weighted by Crippen LogP contribution is 2.29. The number of nitro groups is 1. The maximum Gasteiger partial charge on any atom is 0.269 e. The van der Waals surface area contributed by atoms with Crippen molar-refractivity contribution in [2.75, 3.05) is 6.61 Å². The van der Waals surface area contributed by atoms with Crippen LogP contribution < -0.4 is 21.1 Å². The molecular formula is C19H22N4O4. The van der Waals surface area contributed by atoms with E-state index in [1.54, 1.807) is 12.1 Å². The van der Waals surface area contributed by atoms with Crippen LogP contribution in [-0.2, 0) is 4.79 Å². The number of amides is 1. The number of hydrogen-bond donors (Lipinski definition) is 3. The van der Waals surface area contributed by atoms with E-state index in [1.165, 1.54) is 12.1 Å². The van der Waals surface area contributed by atoms with E-state index in [4.69, 9.17) is 10.5 Å². The normalized spacial score (nSPS) is 22.1. The monoisotopic (exact) mass is 370 g/mol. The number of non-ortho nitro benzene ring substituents is 1. The molecule has 142 valence electrons. The third-order valence-corrected chi connectivity index (χ3v) is 4.53. The first-order chi connectivity index (χ1) is 13.0. The lowest BCUT2D eigenvalue weighted by Gasteiger charge is -2.36. The third-order valence-electron chi connectivity index (χ3n) is 4.53. The van der Waals surface area contributed by atoms with E-state index in [0.29, 0.717) is 25.2 Å². The van der Waals surface area contributed by atoms with Crippen LogP contribution in [-0.4, -0.2) is 23.7 Å². The topological polar surface area (TPSA) is 120 Å². The number of nitrogens with zero attached hydrogens (tertiary/aromatic N) is 1. The van der Waals surface area contributed by atoms with Crippen molar-refractivity contribution >= 4 is 11.6 Å². The zero-order chi connectivity index (χ0) is 19.2. The second-order valence-corrected chi connectivity index (χ2v) is 6.39. The van der Waals surface area contributed by atoms with Gasteiger partial charge in [0.2, 0.25) is 5.91 Å². The summed E-state index contributed by atoms with van der Waals surface area (Å²) in [7, 11) is 0. The fraction of sp³-hybridized carbons (Fsp3) is 0.316. The van der Waals surface area contributed by atoms with Gasteiger partial charge >= 0.3 is 0 Å². The maximum absolute atomic E-state index is 12.4. The van der Waals surface area contributed by atoms with E-state index in [0.717, 1.165) is 5.56 Å². The second-order valence-electron chi connectivity index (χ2n) is 6.39. The molecule has 1 fully saturated rings. The van der Waals surface area contributed by atoms with Crippen LogP contribution in [0.15, 0.2) is 54.6 Å². The fourth-order valence-corrected chi connectivity index (χ4v) is 3.21. The summed E-state index contributed by atoms with van der Waals surface area (Å²) in [5.41, 5.74) is 6.90. The number of hydrogen-bond acceptors (Lipinski definition) is 6. The van der Waals surface area contributed by atoms with E-state index in [9.17, 15) is 14.9 Å². The van der Waals surface area contributed by atoms with Crippen LogP contribution in [0.25, 0.3) is 0 Å². The van der Waals surface area contributed by atoms with E-state index < -0.39 is 11.2 Å². The number of benzene rings is 2. The van der Waals surface area contributed by atoms with Crippen molar-refractivity contribution in [1.29, 1.82) is 0 Å². The molecule has 1 amide bonds. The maximum atomic E-state index is 12.4. The summed E-state index contributed by atoms with van der Waals surface area (Å²) in [5.74, 6) is 0.228. The van der Waals surface area contributed by atoms with Gasteiger partial charge in [0.1, 0.15) is 12.0 Å². The fourth-order valence-electron chi connectivity index (χ4n) is 3.21. The lowest BCUT2D eigenvalue weighted by Crippen LogP contribution is -2.61. The number of nitrogens with two attached hydrogens (primary N) is 1. The molecule has 1 heterocycles. The Labute approximate surface area is 156 Å². The van der Waals surface area contributed by atoms with Gasteiger partial charge in [-0.3, -0.25) is 26.0 Å². The van der Waals surface area contributed by atoms with Gasteiger partial charge in [0.15, 0.2) is 0 Å². The summed E-state index contributed by atoms with van der Waals surface area (Å²) < 4.78 is 5.63. The minimum absolute atomic E-state index is 0.0225. The van der Waals surface area contributed by atoms with Crippen LogP contribution in [0.1, 0.15) is 24.4 Å². The number of carbonyl (C=O) groups excluding carboxylic acids is 1. The second kappa shape index (κ2) is 8.61. The summed E-state index contributed by atoms with van der Waals surface area (Å²) >= 11 is 0. The average molecular weight is 370 g/mol. The molecule has 0 radical (unpaired) electrons. The summed E-state index contributed by atoms with van der Waals surface area (Å²) in [6.07, 6.45) is 0.711. The molecule has 8 nitrogen and oxygen atoms in total. The molecule has 3 rings (SSSR count). The Morgan fingerprint density at radius 3 is 2.48 bits per heavy atom. The molecule has 2 aromatic carbocycles. The zero-order valence-corrected chi connectivity index (χ0v) is 14.7. The van der Waals surface area contributed by atoms with Gasteiger partial charge in [0.25, 0.3) is 5.69 Å². The molecule has 0 aromatic heterocycles. The third kappa shape index (κ3) is 4.81. The van der Waals surface area contributed by atoms with Crippen molar-refractivity contribution in [3.05, 3.63) is 70.3 Å². The number of ether oxygens (including phenoxy) is 1. The first kappa shape index (κ1) is 18.8. The molecule has 1 aliphatic rings. The predicted octanol–water partition coefficient (Wildman–Crippen LogP) is 2.07. The zero-order valence-electron chi connectivity index (χ0n) is 14.7. The van der Waals surface area contributed by atoms with E-state index >= 15 is 0 Å². The van der Waals surface area contributed by atoms with Crippen molar-refractivity contribution in [2.24, 2.45) is 11.7 Å². The predicted molar refractivity (Wildman–Crippen MR) is 99.8 cm³/mol. The lowest BCUT2D eigenvalue weighted by molar-refractivity contribution is -0.384. The lowest BCUT2D eigenvalue weighted by atomic mass is 9.87. The summed E-state index contributed by atoms with van der Waals surface area (Å²) in [5, 5.41) is 16.6. The van der Waals surface area contributed by atoms with Gasteiger partial charge in [0.05, 0.1) is 17.4 Å². The summed E-state index contributed by atoms with van der Waals surface area (Å²) in [6, 6.07) is 15.5. The molecule has 0 spiro atoms. The summed E-state index contributed by atoms with van der Waals surface area (Å²) in [4.78, 5) is 22.6. The van der Waals surface area contributed by atoms with Crippen molar-refractivity contribution in [3.63, 3.8) is 0 Å². The highest BCUT2D eigenvalue weighted by Gasteiger charge is 2.35. The van der Waals surface area contributed by atoms with Gasteiger partial charge in [-0.05, 0) is 30.5 Å². The molecular weight excluding hydrogens is 348 g/mol. The van der Waals surface area contributed by atoms with Crippen LogP contribution in [0.4, 0.5) is 5.69 Å². The highest BCUT2D eigenvalue weighted by molar-refractivity contribution is 5.80. The Morgan fingerprint density at radius 2 is 1.81 bits per heavy atom. The first-order valence-electron chi connectivity index (χ1n) is 8.79. The van der Waals surface area contributed by atoms with Gasteiger partial charge in [-0.15, -0.1) is 0 Å². The average Bonchev–Trinajstić information content (AvgIpc) is 2.67. The Hall–Kier alpha value is -2.97. The molecule has 1 saturated heterocycles. The molecule has 4 N–H and O–H groups in total. The molecule has 0 saturated carbocycles. The number of carbonyl (C=O) groups is 1. The quantitative estimate of drug-likeness (QED) is 0.390. The minimum atomic E-state index is -0.574. The largest absolute Gasteiger partial charge is 0.494 e. The van der Waals surface area contributed by atoms with Gasteiger partial charge in [0, 0.05) is 18.2 Å². The Morgan fingerprint density at radius 1 is 1.11 bits per heavy atom. The first-order valence-corrected chi connectivity index (χ1v) is 8.79. The summed E-state index contributed by atoms with van der Waals surface area (Å²) in [6.45, 7) is 0.412. The van der Waals surface area contributed by atoms with Gasteiger partial charge in [-0.2, -0.15) is 0 Å². The van der Waals surface area contributed by atoms with E-state index in [2.05, 4.69) is 10.6 Å². The highest BCUT2D eigenvalue weighted by atomic mass is 16.6. The molecule has 27 heavy (non-hydrogen) atoms. The van der Waals surface area contributed by atoms with Crippen molar-refractivity contribution in [3.8, 4) is 5.75 Å². The number of rotatable bonds is 7. The van der Waals surface area contributed by atoms with Gasteiger partial charge in [-0.25, -0.2) is 0 Å². The Bertz CT molecular complexity index is 782. The number of nitrogens with one attached hydrogen (secondary N) is 2. The molecule has 8 heteroatoms. The van der Waals surface area contributed by atoms with E-state index in [-0.39, 0.29) is 23.6 Å². The molecule has 0 unspecified atom stereocenters. The Kier molecular flexibility index (Phi) is 6.00. The van der Waals surface area contributed by atoms with Crippen LogP contribution in [0, 0.1) is 16.0 Å². The molecule has 1 aliphatic heterocycles. The van der Waals surface area contributed by atoms with Crippen molar-refractivity contribution < 1.29 is 14.5 Å². The van der Waals surface area contributed by atoms with Crippen molar-refractivity contribution in [2.45, 2.75) is 25.2 Å². The smallest absolute Gasteiger partial charge is 0.269 e. The van der Waals surface area contributed by atoms with Crippen LogP contribution in [0.5, 0.6) is 5.75 Å². The standard InChI is InChI=1S/C19H22N4O4/c20-19-21-17(13-5-2-1-3-6-13)16(18(24)22-19)7-4-12-27-15-10-8-14(9-11-15)23(25)26/h1-3,5-6,8-11,16-17,19,21H,4,7,12,20H2,(H,22,24)/t16-,17-,19-/m1/s1. The molecule has 2 aromatic rings. The van der Waals surface area contributed by atoms with E-state index in [1.807, 2.05) is 30.3 Å². The van der Waals surface area contributed by atoms with Crippen LogP contribution in [0.2, 0.25) is 0 Å². The molecule has 0 aliphatic carbocycles. The molecule has 3 atom stereocenters. The van der Waals surface area contributed by atoms with Gasteiger partial charge < -0.3 is 10.1 Å². The van der Waals surface area contributed by atoms with Crippen LogP contribution >= 0.6 is 0 Å². The Balaban J connectivity index is 1.56. The van der Waals surface area contributed by atoms with Gasteiger partial charge in [-0.1, -0.05) is 30.3 Å². The number of nitro benzene ring substituents is 1. The van der Waals surface area contributed by atoms with Crippen LogP contribution in [0.3, 0.4) is 0 Å². The SMILES string of the molecule is N[C@H]1NC(=O)[C@H](CCCOc2ccc([N+](=O)[O-])cc2)[C@@H](c2ccccc2)N1.